The maximum absolute atomic E-state index is 12.9. The minimum absolute atomic E-state index is 0.336. The Bertz CT molecular complexity index is 916. The van der Waals surface area contributed by atoms with Gasteiger partial charge in [0.1, 0.15) is 0 Å². The van der Waals surface area contributed by atoms with Gasteiger partial charge in [0.25, 0.3) is 0 Å². The SMILES string of the molecule is FC(F)(F)c1cccc(-n2ncc3cc(CCOC4CCC4)cnc32)c1. The summed E-state index contributed by atoms with van der Waals surface area (Å²) in [6, 6.07) is 7.04. The van der Waals surface area contributed by atoms with E-state index in [1.807, 2.05) is 6.07 Å². The summed E-state index contributed by atoms with van der Waals surface area (Å²) in [5, 5.41) is 5.01. The number of fused-ring (bicyclic) bond motifs is 1. The van der Waals surface area contributed by atoms with Crippen molar-refractivity contribution >= 4 is 11.0 Å². The Labute approximate surface area is 148 Å². The van der Waals surface area contributed by atoms with Crippen molar-refractivity contribution in [1.82, 2.24) is 14.8 Å². The quantitative estimate of drug-likeness (QED) is 0.669. The van der Waals surface area contributed by atoms with Gasteiger partial charge < -0.3 is 4.74 Å². The van der Waals surface area contributed by atoms with E-state index >= 15 is 0 Å². The number of aromatic nitrogens is 3. The summed E-state index contributed by atoms with van der Waals surface area (Å²) in [4.78, 5) is 4.40. The fourth-order valence-corrected chi connectivity index (χ4v) is 2.99. The van der Waals surface area contributed by atoms with Crippen LogP contribution in [0, 0.1) is 0 Å². The van der Waals surface area contributed by atoms with Crippen molar-refractivity contribution in [3.05, 3.63) is 53.9 Å². The van der Waals surface area contributed by atoms with Crippen molar-refractivity contribution in [3.63, 3.8) is 0 Å². The highest BCUT2D eigenvalue weighted by Gasteiger charge is 2.30. The largest absolute Gasteiger partial charge is 0.416 e. The monoisotopic (exact) mass is 361 g/mol. The molecule has 4 nitrogen and oxygen atoms in total. The molecule has 0 bridgehead atoms. The van der Waals surface area contributed by atoms with Crippen molar-refractivity contribution < 1.29 is 17.9 Å². The molecule has 0 N–H and O–H groups in total. The molecule has 2 heterocycles. The van der Waals surface area contributed by atoms with Crippen molar-refractivity contribution in [2.24, 2.45) is 0 Å². The van der Waals surface area contributed by atoms with Crippen LogP contribution in [0.5, 0.6) is 0 Å². The molecular weight excluding hydrogens is 343 g/mol. The van der Waals surface area contributed by atoms with Gasteiger partial charge in [-0.3, -0.25) is 0 Å². The van der Waals surface area contributed by atoms with E-state index in [-0.39, 0.29) is 0 Å². The van der Waals surface area contributed by atoms with Crippen molar-refractivity contribution in [3.8, 4) is 5.69 Å². The van der Waals surface area contributed by atoms with Gasteiger partial charge in [0.05, 0.1) is 30.2 Å². The van der Waals surface area contributed by atoms with Gasteiger partial charge in [-0.2, -0.15) is 18.3 Å². The van der Waals surface area contributed by atoms with Crippen LogP contribution in [0.3, 0.4) is 0 Å². The molecule has 0 aliphatic heterocycles. The predicted octanol–water partition coefficient (Wildman–Crippen LogP) is 4.55. The Hall–Kier alpha value is -2.41. The summed E-state index contributed by atoms with van der Waals surface area (Å²) in [5.41, 5.74) is 1.19. The highest BCUT2D eigenvalue weighted by Crippen LogP contribution is 2.30. The second-order valence-electron chi connectivity index (χ2n) is 6.53. The van der Waals surface area contributed by atoms with Gasteiger partial charge in [-0.15, -0.1) is 0 Å². The number of rotatable bonds is 5. The topological polar surface area (TPSA) is 39.9 Å². The van der Waals surface area contributed by atoms with E-state index in [0.717, 1.165) is 42.3 Å². The van der Waals surface area contributed by atoms with Crippen LogP contribution in [0.2, 0.25) is 0 Å². The maximum atomic E-state index is 12.9. The normalized spacial score (nSPS) is 15.3. The second-order valence-corrected chi connectivity index (χ2v) is 6.53. The standard InChI is InChI=1S/C19H18F3N3O/c20-19(21,22)15-3-1-4-16(10-15)25-18-14(12-24-25)9-13(11-23-18)7-8-26-17-5-2-6-17/h1,3-4,9-12,17H,2,5-8H2. The molecule has 2 aromatic heterocycles. The van der Waals surface area contributed by atoms with Crippen LogP contribution in [0.1, 0.15) is 30.4 Å². The number of pyridine rings is 1. The molecule has 4 rings (SSSR count). The summed E-state index contributed by atoms with van der Waals surface area (Å²) in [6.07, 6.45) is 3.65. The molecule has 0 amide bonds. The van der Waals surface area contributed by atoms with E-state index < -0.39 is 11.7 Å². The summed E-state index contributed by atoms with van der Waals surface area (Å²) in [6.45, 7) is 0.652. The van der Waals surface area contributed by atoms with Gasteiger partial charge in [-0.25, -0.2) is 9.67 Å². The smallest absolute Gasteiger partial charge is 0.378 e. The third-order valence-electron chi connectivity index (χ3n) is 4.68. The molecule has 1 aliphatic carbocycles. The Morgan fingerprint density at radius 3 is 2.73 bits per heavy atom. The van der Waals surface area contributed by atoms with Gasteiger partial charge in [0, 0.05) is 11.6 Å². The fraction of sp³-hybridized carbons (Fsp3) is 0.368. The van der Waals surface area contributed by atoms with Gasteiger partial charge in [-0.1, -0.05) is 6.07 Å². The first-order valence-electron chi connectivity index (χ1n) is 8.62. The molecule has 3 aromatic rings. The average molecular weight is 361 g/mol. The molecule has 136 valence electrons. The minimum Gasteiger partial charge on any atom is -0.378 e. The van der Waals surface area contributed by atoms with E-state index in [9.17, 15) is 13.2 Å². The molecule has 7 heteroatoms. The van der Waals surface area contributed by atoms with Gasteiger partial charge in [-0.05, 0) is 55.5 Å². The molecule has 0 radical (unpaired) electrons. The van der Waals surface area contributed by atoms with Crippen LogP contribution in [0.15, 0.2) is 42.7 Å². The number of hydrogen-bond acceptors (Lipinski definition) is 3. The summed E-state index contributed by atoms with van der Waals surface area (Å²) >= 11 is 0. The lowest BCUT2D eigenvalue weighted by Gasteiger charge is -2.25. The third kappa shape index (κ3) is 3.44. The van der Waals surface area contributed by atoms with Crippen LogP contribution in [-0.4, -0.2) is 27.5 Å². The fourth-order valence-electron chi connectivity index (χ4n) is 2.99. The Kier molecular flexibility index (Phi) is 4.40. The van der Waals surface area contributed by atoms with Gasteiger partial charge in [0.15, 0.2) is 5.65 Å². The molecule has 0 spiro atoms. The Morgan fingerprint density at radius 2 is 2.00 bits per heavy atom. The molecule has 0 saturated heterocycles. The lowest BCUT2D eigenvalue weighted by atomic mass is 9.96. The zero-order chi connectivity index (χ0) is 18.1. The number of benzene rings is 1. The summed E-state index contributed by atoms with van der Waals surface area (Å²) in [7, 11) is 0. The van der Waals surface area contributed by atoms with Crippen LogP contribution in [0.4, 0.5) is 13.2 Å². The lowest BCUT2D eigenvalue weighted by molar-refractivity contribution is -0.137. The van der Waals surface area contributed by atoms with Crippen molar-refractivity contribution in [1.29, 1.82) is 0 Å². The summed E-state index contributed by atoms with van der Waals surface area (Å²) in [5.74, 6) is 0. The van der Waals surface area contributed by atoms with Gasteiger partial charge in [0.2, 0.25) is 0 Å². The Morgan fingerprint density at radius 1 is 1.15 bits per heavy atom. The molecule has 1 fully saturated rings. The first-order valence-corrected chi connectivity index (χ1v) is 8.62. The molecule has 0 unspecified atom stereocenters. The number of hydrogen-bond donors (Lipinski definition) is 0. The van der Waals surface area contributed by atoms with E-state index in [2.05, 4.69) is 10.1 Å². The van der Waals surface area contributed by atoms with Crippen LogP contribution < -0.4 is 0 Å². The minimum atomic E-state index is -4.39. The van der Waals surface area contributed by atoms with E-state index in [0.29, 0.717) is 24.0 Å². The number of nitrogens with zero attached hydrogens (tertiary/aromatic N) is 3. The zero-order valence-corrected chi connectivity index (χ0v) is 14.0. The first-order chi connectivity index (χ1) is 12.5. The van der Waals surface area contributed by atoms with E-state index in [1.165, 1.54) is 17.2 Å². The zero-order valence-electron chi connectivity index (χ0n) is 14.0. The maximum Gasteiger partial charge on any atom is 0.416 e. The Balaban J connectivity index is 1.55. The van der Waals surface area contributed by atoms with Crippen LogP contribution >= 0.6 is 0 Å². The van der Waals surface area contributed by atoms with E-state index in [1.54, 1.807) is 18.5 Å². The van der Waals surface area contributed by atoms with Crippen LogP contribution in [0.25, 0.3) is 16.7 Å². The predicted molar refractivity (Wildman–Crippen MR) is 91.2 cm³/mol. The molecule has 0 atom stereocenters. The second kappa shape index (κ2) is 6.72. The highest BCUT2D eigenvalue weighted by molar-refractivity contribution is 5.76. The average Bonchev–Trinajstić information content (AvgIpc) is 2.99. The highest BCUT2D eigenvalue weighted by atomic mass is 19.4. The summed E-state index contributed by atoms with van der Waals surface area (Å²) < 4.78 is 46.0. The van der Waals surface area contributed by atoms with Crippen LogP contribution in [-0.2, 0) is 17.3 Å². The third-order valence-corrected chi connectivity index (χ3v) is 4.68. The van der Waals surface area contributed by atoms with Crippen molar-refractivity contribution in [2.75, 3.05) is 6.61 Å². The van der Waals surface area contributed by atoms with E-state index in [4.69, 9.17) is 4.74 Å². The number of halogens is 3. The molecular formula is C19H18F3N3O. The molecule has 1 aromatic carbocycles. The molecule has 1 saturated carbocycles. The van der Waals surface area contributed by atoms with Crippen molar-refractivity contribution in [2.45, 2.75) is 38.0 Å². The number of ether oxygens (including phenoxy) is 1. The molecule has 26 heavy (non-hydrogen) atoms. The van der Waals surface area contributed by atoms with Gasteiger partial charge >= 0.3 is 6.18 Å². The number of alkyl halides is 3. The molecule has 1 aliphatic rings. The first kappa shape index (κ1) is 17.0. The lowest BCUT2D eigenvalue weighted by Crippen LogP contribution is -2.22.